The number of anilines is 1. The summed E-state index contributed by atoms with van der Waals surface area (Å²) in [5, 5.41) is 3.64. The second-order valence-electron chi connectivity index (χ2n) is 9.56. The van der Waals surface area contributed by atoms with Crippen LogP contribution >= 0.6 is 23.2 Å². The van der Waals surface area contributed by atoms with Gasteiger partial charge in [-0.1, -0.05) is 55.2 Å². The van der Waals surface area contributed by atoms with Crippen molar-refractivity contribution in [2.45, 2.75) is 57.1 Å². The summed E-state index contributed by atoms with van der Waals surface area (Å²) in [4.78, 5) is 28.8. The Hall–Kier alpha value is -3.27. The Bertz CT molecular complexity index is 1430. The fourth-order valence-electron chi connectivity index (χ4n) is 4.18. The second-order valence-corrected chi connectivity index (χ2v) is 12.3. The molecule has 3 rings (SSSR count). The molecule has 0 heterocycles. The topological polar surface area (TPSA) is 96.0 Å². The summed E-state index contributed by atoms with van der Waals surface area (Å²) >= 11 is 12.2. The number of rotatable bonds is 13. The first kappa shape index (κ1) is 32.2. The minimum atomic E-state index is -4.22. The Labute approximate surface area is 252 Å². The van der Waals surface area contributed by atoms with Crippen LogP contribution in [-0.2, 0) is 26.2 Å². The van der Waals surface area contributed by atoms with Gasteiger partial charge in [0, 0.05) is 22.6 Å². The lowest BCUT2D eigenvalue weighted by molar-refractivity contribution is -0.140. The zero-order valence-electron chi connectivity index (χ0n) is 23.5. The SMILES string of the molecule is CC[C@@H](C)NC(=O)[C@H](CC)N(Cc1ccc(OC)cc1)C(=O)CN(c1cccc(Cl)c1)S(=O)(=O)c1ccc(Cl)cc1. The van der Waals surface area contributed by atoms with Crippen molar-refractivity contribution in [3.63, 3.8) is 0 Å². The second kappa shape index (κ2) is 14.6. The fourth-order valence-corrected chi connectivity index (χ4v) is 5.90. The first-order valence-corrected chi connectivity index (χ1v) is 15.5. The van der Waals surface area contributed by atoms with Crippen LogP contribution < -0.4 is 14.4 Å². The Morgan fingerprint density at radius 1 is 0.927 bits per heavy atom. The smallest absolute Gasteiger partial charge is 0.264 e. The van der Waals surface area contributed by atoms with Crippen LogP contribution in [0.1, 0.15) is 39.2 Å². The molecule has 0 aliphatic carbocycles. The molecule has 2 amide bonds. The van der Waals surface area contributed by atoms with Crippen LogP contribution in [-0.4, -0.2) is 50.9 Å². The number of sulfonamides is 1. The molecule has 11 heteroatoms. The third-order valence-electron chi connectivity index (χ3n) is 6.68. The molecule has 2 atom stereocenters. The molecule has 0 bridgehead atoms. The summed E-state index contributed by atoms with van der Waals surface area (Å²) in [6.45, 7) is 5.18. The summed E-state index contributed by atoms with van der Waals surface area (Å²) < 4.78 is 34.0. The van der Waals surface area contributed by atoms with Gasteiger partial charge in [-0.15, -0.1) is 0 Å². The van der Waals surface area contributed by atoms with Gasteiger partial charge in [0.15, 0.2) is 0 Å². The highest BCUT2D eigenvalue weighted by Crippen LogP contribution is 2.28. The standard InChI is InChI=1S/C30H35Cl2N3O5S/c1-5-21(3)33-30(37)28(6-2)34(19-22-10-14-26(40-4)15-11-22)29(36)20-35(25-9-7-8-24(32)18-25)41(38,39)27-16-12-23(31)13-17-27/h7-18,21,28H,5-6,19-20H2,1-4H3,(H,33,37)/t21-,28+/m1/s1. The van der Waals surface area contributed by atoms with Crippen molar-refractivity contribution >= 4 is 50.7 Å². The molecule has 0 unspecified atom stereocenters. The number of ether oxygens (including phenoxy) is 1. The number of hydrogen-bond donors (Lipinski definition) is 1. The van der Waals surface area contributed by atoms with E-state index in [-0.39, 0.29) is 29.1 Å². The highest BCUT2D eigenvalue weighted by molar-refractivity contribution is 7.92. The molecule has 0 radical (unpaired) electrons. The molecule has 0 saturated carbocycles. The van der Waals surface area contributed by atoms with Crippen molar-refractivity contribution in [3.05, 3.63) is 88.4 Å². The number of benzene rings is 3. The van der Waals surface area contributed by atoms with Crippen LogP contribution in [0, 0.1) is 0 Å². The summed E-state index contributed by atoms with van der Waals surface area (Å²) in [6, 6.07) is 18.2. The van der Waals surface area contributed by atoms with E-state index in [0.29, 0.717) is 22.2 Å². The van der Waals surface area contributed by atoms with E-state index in [1.165, 1.54) is 35.2 Å². The number of hydrogen-bond acceptors (Lipinski definition) is 5. The maximum atomic E-state index is 14.1. The van der Waals surface area contributed by atoms with Crippen LogP contribution in [0.25, 0.3) is 0 Å². The van der Waals surface area contributed by atoms with Crippen LogP contribution in [0.4, 0.5) is 5.69 Å². The molecule has 0 fully saturated rings. The minimum absolute atomic E-state index is 0.0436. The monoisotopic (exact) mass is 619 g/mol. The van der Waals surface area contributed by atoms with Crippen molar-refractivity contribution in [2.24, 2.45) is 0 Å². The molecular formula is C30H35Cl2N3O5S. The highest BCUT2D eigenvalue weighted by atomic mass is 35.5. The molecule has 0 aromatic heterocycles. The lowest BCUT2D eigenvalue weighted by atomic mass is 10.1. The average Bonchev–Trinajstić information content (AvgIpc) is 2.96. The van der Waals surface area contributed by atoms with Gasteiger partial charge in [0.2, 0.25) is 11.8 Å². The minimum Gasteiger partial charge on any atom is -0.497 e. The van der Waals surface area contributed by atoms with Crippen LogP contribution in [0.2, 0.25) is 10.0 Å². The first-order chi connectivity index (χ1) is 19.5. The maximum absolute atomic E-state index is 14.1. The normalized spacial score (nSPS) is 12.7. The van der Waals surface area contributed by atoms with Gasteiger partial charge in [-0.3, -0.25) is 13.9 Å². The maximum Gasteiger partial charge on any atom is 0.264 e. The summed E-state index contributed by atoms with van der Waals surface area (Å²) in [5.41, 5.74) is 0.964. The van der Waals surface area contributed by atoms with E-state index >= 15 is 0 Å². The zero-order chi connectivity index (χ0) is 30.2. The number of carbonyl (C=O) groups is 2. The number of nitrogens with zero attached hydrogens (tertiary/aromatic N) is 2. The predicted molar refractivity (Wildman–Crippen MR) is 163 cm³/mol. The van der Waals surface area contributed by atoms with E-state index in [1.54, 1.807) is 49.6 Å². The molecule has 0 aliphatic rings. The van der Waals surface area contributed by atoms with Gasteiger partial charge in [-0.2, -0.15) is 0 Å². The molecule has 0 saturated heterocycles. The Morgan fingerprint density at radius 3 is 2.15 bits per heavy atom. The molecule has 3 aromatic carbocycles. The van der Waals surface area contributed by atoms with Crippen LogP contribution in [0.5, 0.6) is 5.75 Å². The van der Waals surface area contributed by atoms with Gasteiger partial charge in [0.25, 0.3) is 10.0 Å². The molecule has 8 nitrogen and oxygen atoms in total. The lowest BCUT2D eigenvalue weighted by Gasteiger charge is -2.33. The number of amides is 2. The van der Waals surface area contributed by atoms with Crippen molar-refractivity contribution < 1.29 is 22.7 Å². The molecule has 3 aromatic rings. The predicted octanol–water partition coefficient (Wildman–Crippen LogP) is 5.92. The van der Waals surface area contributed by atoms with Gasteiger partial charge < -0.3 is 15.0 Å². The molecule has 41 heavy (non-hydrogen) atoms. The van der Waals surface area contributed by atoms with Crippen LogP contribution in [0.15, 0.2) is 77.7 Å². The van der Waals surface area contributed by atoms with Gasteiger partial charge in [0.1, 0.15) is 18.3 Å². The summed E-state index contributed by atoms with van der Waals surface area (Å²) in [6.07, 6.45) is 1.04. The number of halogens is 2. The Kier molecular flexibility index (Phi) is 11.5. The van der Waals surface area contributed by atoms with Crippen LogP contribution in [0.3, 0.4) is 0 Å². The third-order valence-corrected chi connectivity index (χ3v) is 8.95. The molecular weight excluding hydrogens is 585 g/mol. The molecule has 0 spiro atoms. The average molecular weight is 621 g/mol. The van der Waals surface area contributed by atoms with Gasteiger partial charge in [-0.05, 0) is 79.9 Å². The number of carbonyl (C=O) groups excluding carboxylic acids is 2. The van der Waals surface area contributed by atoms with E-state index in [2.05, 4.69) is 5.32 Å². The van der Waals surface area contributed by atoms with E-state index in [4.69, 9.17) is 27.9 Å². The molecule has 1 N–H and O–H groups in total. The quantitative estimate of drug-likeness (QED) is 0.256. The van der Waals surface area contributed by atoms with Gasteiger partial charge >= 0.3 is 0 Å². The number of methoxy groups -OCH3 is 1. The summed E-state index contributed by atoms with van der Waals surface area (Å²) in [5.74, 6) is -0.211. The van der Waals surface area contributed by atoms with Crippen molar-refractivity contribution in [2.75, 3.05) is 18.0 Å². The largest absolute Gasteiger partial charge is 0.497 e. The molecule has 220 valence electrons. The van der Waals surface area contributed by atoms with E-state index in [9.17, 15) is 18.0 Å². The zero-order valence-corrected chi connectivity index (χ0v) is 25.8. The summed E-state index contributed by atoms with van der Waals surface area (Å²) in [7, 11) is -2.66. The van der Waals surface area contributed by atoms with E-state index in [0.717, 1.165) is 16.3 Å². The Morgan fingerprint density at radius 2 is 1.59 bits per heavy atom. The number of nitrogens with one attached hydrogen (secondary N) is 1. The van der Waals surface area contributed by atoms with Crippen molar-refractivity contribution in [1.82, 2.24) is 10.2 Å². The highest BCUT2D eigenvalue weighted by Gasteiger charge is 2.34. The fraction of sp³-hybridized carbons (Fsp3) is 0.333. The third kappa shape index (κ3) is 8.38. The van der Waals surface area contributed by atoms with Crippen molar-refractivity contribution in [1.29, 1.82) is 0 Å². The van der Waals surface area contributed by atoms with Gasteiger partial charge in [-0.25, -0.2) is 8.42 Å². The molecule has 0 aliphatic heterocycles. The Balaban J connectivity index is 2.05. The van der Waals surface area contributed by atoms with Gasteiger partial charge in [0.05, 0.1) is 17.7 Å². The van der Waals surface area contributed by atoms with E-state index < -0.39 is 28.5 Å². The lowest BCUT2D eigenvalue weighted by Crippen LogP contribution is -2.53. The van der Waals surface area contributed by atoms with E-state index in [1.807, 2.05) is 20.8 Å². The first-order valence-electron chi connectivity index (χ1n) is 13.3. The van der Waals surface area contributed by atoms with Crippen molar-refractivity contribution in [3.8, 4) is 5.75 Å².